The lowest BCUT2D eigenvalue weighted by Crippen LogP contribution is -2.32. The molecule has 0 bridgehead atoms. The molecule has 2 rings (SSSR count). The van der Waals surface area contributed by atoms with Gasteiger partial charge >= 0.3 is 0 Å². The van der Waals surface area contributed by atoms with Crippen LogP contribution in [0.25, 0.3) is 0 Å². The van der Waals surface area contributed by atoms with E-state index in [1.165, 1.54) is 30.6 Å². The average molecular weight is 238 g/mol. The van der Waals surface area contributed by atoms with Crippen LogP contribution in [-0.2, 0) is 5.88 Å². The summed E-state index contributed by atoms with van der Waals surface area (Å²) in [6, 6.07) is 9.22. The van der Waals surface area contributed by atoms with Crippen molar-refractivity contribution >= 4 is 17.3 Å². The van der Waals surface area contributed by atoms with Gasteiger partial charge < -0.3 is 4.90 Å². The highest BCUT2D eigenvalue weighted by Crippen LogP contribution is 2.32. The van der Waals surface area contributed by atoms with Gasteiger partial charge in [0.15, 0.2) is 0 Å². The molecule has 0 amide bonds. The molecular weight excluding hydrogens is 218 g/mol. The average Bonchev–Trinajstić information content (AvgIpc) is 3.09. The van der Waals surface area contributed by atoms with Gasteiger partial charge in [-0.05, 0) is 50.3 Å². The second-order valence-corrected chi connectivity index (χ2v) is 5.26. The summed E-state index contributed by atoms with van der Waals surface area (Å²) >= 11 is 5.80. The summed E-state index contributed by atoms with van der Waals surface area (Å²) in [5.74, 6) is 1.53. The normalized spacial score (nSPS) is 15.5. The maximum Gasteiger partial charge on any atom is 0.0474 e. The second-order valence-electron chi connectivity index (χ2n) is 4.99. The van der Waals surface area contributed by atoms with E-state index in [1.54, 1.807) is 0 Å². The number of benzene rings is 1. The number of halogens is 1. The Kier molecular flexibility index (Phi) is 3.75. The van der Waals surface area contributed by atoms with Crippen molar-refractivity contribution in [2.24, 2.45) is 5.92 Å². The first kappa shape index (κ1) is 11.8. The summed E-state index contributed by atoms with van der Waals surface area (Å²) in [5, 5.41) is 0. The fourth-order valence-corrected chi connectivity index (χ4v) is 2.15. The highest BCUT2D eigenvalue weighted by atomic mass is 35.5. The van der Waals surface area contributed by atoms with Crippen LogP contribution in [0.4, 0.5) is 5.69 Å². The molecule has 0 spiro atoms. The van der Waals surface area contributed by atoms with Crippen molar-refractivity contribution in [1.29, 1.82) is 0 Å². The van der Waals surface area contributed by atoms with Gasteiger partial charge in [0.2, 0.25) is 0 Å². The van der Waals surface area contributed by atoms with Gasteiger partial charge in [-0.15, -0.1) is 11.6 Å². The van der Waals surface area contributed by atoms with E-state index in [4.69, 9.17) is 11.6 Å². The molecule has 1 aromatic rings. The SMILES string of the molecule is CC(C)N(CC1CC1)c1ccc(CCl)cc1. The maximum atomic E-state index is 5.80. The Morgan fingerprint density at radius 3 is 2.31 bits per heavy atom. The monoisotopic (exact) mass is 237 g/mol. The number of hydrogen-bond donors (Lipinski definition) is 0. The minimum atomic E-state index is 0.572. The molecule has 0 aliphatic heterocycles. The molecular formula is C14H20ClN. The van der Waals surface area contributed by atoms with Crippen LogP contribution in [0, 0.1) is 5.92 Å². The molecule has 0 saturated heterocycles. The second kappa shape index (κ2) is 5.09. The van der Waals surface area contributed by atoms with Crippen LogP contribution in [0.3, 0.4) is 0 Å². The Bertz CT molecular complexity index is 327. The summed E-state index contributed by atoms with van der Waals surface area (Å²) in [6.45, 7) is 5.73. The predicted octanol–water partition coefficient (Wildman–Crippen LogP) is 4.05. The quantitative estimate of drug-likeness (QED) is 0.699. The Hall–Kier alpha value is -0.690. The van der Waals surface area contributed by atoms with E-state index in [0.717, 1.165) is 5.92 Å². The van der Waals surface area contributed by atoms with Gasteiger partial charge in [0.1, 0.15) is 0 Å². The highest BCUT2D eigenvalue weighted by molar-refractivity contribution is 6.17. The van der Waals surface area contributed by atoms with Gasteiger partial charge in [-0.2, -0.15) is 0 Å². The molecule has 0 N–H and O–H groups in total. The van der Waals surface area contributed by atoms with Crippen molar-refractivity contribution in [2.45, 2.75) is 38.6 Å². The summed E-state index contributed by atoms with van der Waals surface area (Å²) in [6.07, 6.45) is 2.81. The Labute approximate surface area is 103 Å². The molecule has 0 radical (unpaired) electrons. The van der Waals surface area contributed by atoms with Crippen molar-refractivity contribution in [3.8, 4) is 0 Å². The minimum Gasteiger partial charge on any atom is -0.369 e. The van der Waals surface area contributed by atoms with E-state index in [1.807, 2.05) is 0 Å². The topological polar surface area (TPSA) is 3.24 Å². The van der Waals surface area contributed by atoms with Gasteiger partial charge in [0.25, 0.3) is 0 Å². The first-order valence-corrected chi connectivity index (χ1v) is 6.65. The fraction of sp³-hybridized carbons (Fsp3) is 0.571. The molecule has 0 heterocycles. The molecule has 88 valence electrons. The zero-order valence-corrected chi connectivity index (χ0v) is 10.9. The standard InChI is InChI=1S/C14H20ClN/c1-11(2)16(10-13-3-4-13)14-7-5-12(9-15)6-8-14/h5-8,11,13H,3-4,9-10H2,1-2H3. The van der Waals surface area contributed by atoms with Crippen LogP contribution in [0.5, 0.6) is 0 Å². The lowest BCUT2D eigenvalue weighted by Gasteiger charge is -2.29. The molecule has 1 aromatic carbocycles. The number of alkyl halides is 1. The van der Waals surface area contributed by atoms with E-state index in [9.17, 15) is 0 Å². The van der Waals surface area contributed by atoms with Crippen molar-refractivity contribution < 1.29 is 0 Å². The summed E-state index contributed by atoms with van der Waals surface area (Å²) in [7, 11) is 0. The van der Waals surface area contributed by atoms with E-state index in [0.29, 0.717) is 11.9 Å². The van der Waals surface area contributed by atoms with Crippen molar-refractivity contribution in [3.63, 3.8) is 0 Å². The molecule has 1 aliphatic rings. The summed E-state index contributed by atoms with van der Waals surface area (Å²) in [4.78, 5) is 2.50. The fourth-order valence-electron chi connectivity index (χ4n) is 1.97. The van der Waals surface area contributed by atoms with Gasteiger partial charge in [-0.1, -0.05) is 12.1 Å². The van der Waals surface area contributed by atoms with Crippen LogP contribution in [0.1, 0.15) is 32.3 Å². The summed E-state index contributed by atoms with van der Waals surface area (Å²) < 4.78 is 0. The summed E-state index contributed by atoms with van der Waals surface area (Å²) in [5.41, 5.74) is 2.52. The zero-order valence-electron chi connectivity index (χ0n) is 10.1. The molecule has 2 heteroatoms. The van der Waals surface area contributed by atoms with Crippen LogP contribution in [0.15, 0.2) is 24.3 Å². The molecule has 1 saturated carbocycles. The molecule has 1 fully saturated rings. The Morgan fingerprint density at radius 1 is 1.25 bits per heavy atom. The molecule has 16 heavy (non-hydrogen) atoms. The van der Waals surface area contributed by atoms with Gasteiger partial charge in [0.05, 0.1) is 0 Å². The van der Waals surface area contributed by atoms with Crippen LogP contribution in [0.2, 0.25) is 0 Å². The van der Waals surface area contributed by atoms with Crippen LogP contribution >= 0.6 is 11.6 Å². The van der Waals surface area contributed by atoms with Crippen molar-refractivity contribution in [1.82, 2.24) is 0 Å². The van der Waals surface area contributed by atoms with Crippen molar-refractivity contribution in [3.05, 3.63) is 29.8 Å². The lowest BCUT2D eigenvalue weighted by molar-refractivity contribution is 0.644. The molecule has 1 aliphatic carbocycles. The molecule has 0 aromatic heterocycles. The molecule has 1 nitrogen and oxygen atoms in total. The highest BCUT2D eigenvalue weighted by Gasteiger charge is 2.25. The lowest BCUT2D eigenvalue weighted by atomic mass is 10.1. The van der Waals surface area contributed by atoms with Crippen LogP contribution < -0.4 is 4.90 Å². The van der Waals surface area contributed by atoms with Crippen molar-refractivity contribution in [2.75, 3.05) is 11.4 Å². The van der Waals surface area contributed by atoms with E-state index in [-0.39, 0.29) is 0 Å². The third-order valence-electron chi connectivity index (χ3n) is 3.20. The zero-order chi connectivity index (χ0) is 11.5. The molecule has 0 atom stereocenters. The largest absolute Gasteiger partial charge is 0.369 e. The molecule has 0 unspecified atom stereocenters. The number of nitrogens with zero attached hydrogens (tertiary/aromatic N) is 1. The third-order valence-corrected chi connectivity index (χ3v) is 3.51. The first-order chi connectivity index (χ1) is 7.70. The number of rotatable bonds is 5. The van der Waals surface area contributed by atoms with Gasteiger partial charge in [-0.3, -0.25) is 0 Å². The predicted molar refractivity (Wildman–Crippen MR) is 71.2 cm³/mol. The smallest absolute Gasteiger partial charge is 0.0474 e. The van der Waals surface area contributed by atoms with Gasteiger partial charge in [0, 0.05) is 24.2 Å². The van der Waals surface area contributed by atoms with E-state index in [2.05, 4.69) is 43.0 Å². The van der Waals surface area contributed by atoms with E-state index >= 15 is 0 Å². The number of anilines is 1. The first-order valence-electron chi connectivity index (χ1n) is 6.12. The maximum absolute atomic E-state index is 5.80. The minimum absolute atomic E-state index is 0.572. The number of hydrogen-bond acceptors (Lipinski definition) is 1. The Balaban J connectivity index is 2.10. The van der Waals surface area contributed by atoms with Gasteiger partial charge in [-0.25, -0.2) is 0 Å². The van der Waals surface area contributed by atoms with E-state index < -0.39 is 0 Å². The third kappa shape index (κ3) is 2.91. The van der Waals surface area contributed by atoms with Crippen LogP contribution in [-0.4, -0.2) is 12.6 Å². The Morgan fingerprint density at radius 2 is 1.88 bits per heavy atom.